The van der Waals surface area contributed by atoms with Crippen LogP contribution in [-0.2, 0) is 11.4 Å². The van der Waals surface area contributed by atoms with Crippen LogP contribution in [-0.4, -0.2) is 25.9 Å². The Bertz CT molecular complexity index is 954. The van der Waals surface area contributed by atoms with Crippen molar-refractivity contribution in [3.63, 3.8) is 0 Å². The van der Waals surface area contributed by atoms with E-state index in [9.17, 15) is 9.35 Å². The van der Waals surface area contributed by atoms with Crippen LogP contribution < -0.4 is 5.32 Å². The smallest absolute Gasteiger partial charge is 0.274 e. The minimum Gasteiger partial charge on any atom is -0.591 e. The third-order valence-electron chi connectivity index (χ3n) is 3.62. The first-order chi connectivity index (χ1) is 13.1. The van der Waals surface area contributed by atoms with Gasteiger partial charge < -0.3 is 9.87 Å². The summed E-state index contributed by atoms with van der Waals surface area (Å²) in [5.74, 6) is 5.31. The molecular formula is C21H22ClN3O2S. The quantitative estimate of drug-likeness (QED) is 0.449. The van der Waals surface area contributed by atoms with Gasteiger partial charge in [0, 0.05) is 28.0 Å². The Labute approximate surface area is 173 Å². The monoisotopic (exact) mass is 415 g/mol. The normalized spacial score (nSPS) is 12.8. The standard InChI is InChI=1S/C21H22ClN3O2S/c1-6-7-15-8-11-19(23-13-15)20(26)24-16-9-10-18(22)17(12-16)14(2)25-28(27)21(3,4)5/h8-13H,1-5H3,(H,24,26). The van der Waals surface area contributed by atoms with Crippen molar-refractivity contribution in [3.8, 4) is 11.8 Å². The zero-order valence-electron chi connectivity index (χ0n) is 16.5. The highest BCUT2D eigenvalue weighted by atomic mass is 35.5. The van der Waals surface area contributed by atoms with Gasteiger partial charge in [-0.3, -0.25) is 4.79 Å². The molecule has 0 saturated heterocycles. The SMILES string of the molecule is CC#Cc1ccc(C(=O)Nc2ccc(Cl)c(C(C)=N[S+]([O-])C(C)(C)C)c2)nc1. The first kappa shape index (κ1) is 22.0. The number of halogens is 1. The summed E-state index contributed by atoms with van der Waals surface area (Å²) in [7, 11) is 0. The molecule has 2 rings (SSSR count). The average Bonchev–Trinajstić information content (AvgIpc) is 2.63. The molecule has 1 unspecified atom stereocenters. The molecule has 0 aliphatic rings. The molecule has 0 aliphatic heterocycles. The second-order valence-corrected chi connectivity index (χ2v) is 9.31. The summed E-state index contributed by atoms with van der Waals surface area (Å²) in [5, 5.41) is 3.25. The largest absolute Gasteiger partial charge is 0.591 e. The van der Waals surface area contributed by atoms with E-state index in [2.05, 4.69) is 26.5 Å². The minimum atomic E-state index is -1.41. The highest BCUT2D eigenvalue weighted by molar-refractivity contribution is 7.91. The minimum absolute atomic E-state index is 0.275. The highest BCUT2D eigenvalue weighted by Gasteiger charge is 2.27. The van der Waals surface area contributed by atoms with Crippen LogP contribution in [0.25, 0.3) is 0 Å². The second kappa shape index (κ2) is 9.24. The number of hydrogen-bond acceptors (Lipinski definition) is 4. The molecule has 0 saturated carbocycles. The molecule has 28 heavy (non-hydrogen) atoms. The maximum absolute atomic E-state index is 12.4. The predicted molar refractivity (Wildman–Crippen MR) is 116 cm³/mol. The maximum atomic E-state index is 12.4. The van der Waals surface area contributed by atoms with Crippen LogP contribution in [0.15, 0.2) is 40.9 Å². The van der Waals surface area contributed by atoms with Gasteiger partial charge in [0.2, 0.25) is 0 Å². The molecule has 0 spiro atoms. The fraction of sp³-hybridized carbons (Fsp3) is 0.286. The van der Waals surface area contributed by atoms with E-state index in [0.29, 0.717) is 22.0 Å². The summed E-state index contributed by atoms with van der Waals surface area (Å²) >= 11 is 4.87. The Morgan fingerprint density at radius 2 is 2.00 bits per heavy atom. The zero-order chi connectivity index (χ0) is 20.9. The fourth-order valence-electron chi connectivity index (χ4n) is 2.13. The Kier molecular flexibility index (Phi) is 7.25. The average molecular weight is 416 g/mol. The zero-order valence-corrected chi connectivity index (χ0v) is 18.0. The van der Waals surface area contributed by atoms with Gasteiger partial charge in [0.15, 0.2) is 0 Å². The summed E-state index contributed by atoms with van der Waals surface area (Å²) in [6, 6.07) is 8.42. The Morgan fingerprint density at radius 1 is 1.29 bits per heavy atom. The van der Waals surface area contributed by atoms with Gasteiger partial charge >= 0.3 is 0 Å². The molecule has 0 bridgehead atoms. The van der Waals surface area contributed by atoms with Gasteiger partial charge in [-0.2, -0.15) is 0 Å². The van der Waals surface area contributed by atoms with Crippen molar-refractivity contribution in [3.05, 3.63) is 58.4 Å². The van der Waals surface area contributed by atoms with E-state index < -0.39 is 16.1 Å². The number of carbonyl (C=O) groups excluding carboxylic acids is 1. The molecule has 1 aromatic heterocycles. The lowest BCUT2D eigenvalue weighted by Gasteiger charge is -2.19. The predicted octanol–water partition coefficient (Wildman–Crippen LogP) is 4.63. The van der Waals surface area contributed by atoms with Gasteiger partial charge in [0.1, 0.15) is 21.8 Å². The molecular weight excluding hydrogens is 394 g/mol. The van der Waals surface area contributed by atoms with Crippen LogP contribution in [0.4, 0.5) is 5.69 Å². The summed E-state index contributed by atoms with van der Waals surface area (Å²) in [5.41, 5.74) is 2.71. The molecule has 0 aliphatic carbocycles. The molecule has 5 nitrogen and oxygen atoms in total. The van der Waals surface area contributed by atoms with Gasteiger partial charge in [-0.15, -0.1) is 5.92 Å². The molecule has 1 aromatic carbocycles. The van der Waals surface area contributed by atoms with Gasteiger partial charge in [-0.05, 0) is 65.0 Å². The first-order valence-electron chi connectivity index (χ1n) is 8.59. The molecule has 1 heterocycles. The number of hydrogen-bond donors (Lipinski definition) is 1. The van der Waals surface area contributed by atoms with Crippen molar-refractivity contribution in [2.24, 2.45) is 4.40 Å². The molecule has 146 valence electrons. The third kappa shape index (κ3) is 5.83. The Morgan fingerprint density at radius 3 is 2.57 bits per heavy atom. The molecule has 0 radical (unpaired) electrons. The van der Waals surface area contributed by atoms with E-state index in [0.717, 1.165) is 5.56 Å². The Balaban J connectivity index is 2.23. The van der Waals surface area contributed by atoms with Gasteiger partial charge in [-0.1, -0.05) is 21.9 Å². The van der Waals surface area contributed by atoms with Crippen molar-refractivity contribution in [1.82, 2.24) is 4.98 Å². The van der Waals surface area contributed by atoms with Crippen molar-refractivity contribution in [2.45, 2.75) is 39.4 Å². The van der Waals surface area contributed by atoms with Crippen molar-refractivity contribution < 1.29 is 9.35 Å². The lowest BCUT2D eigenvalue weighted by molar-refractivity contribution is 0.102. The topological polar surface area (TPSA) is 77.4 Å². The van der Waals surface area contributed by atoms with E-state index in [1.807, 2.05) is 20.8 Å². The Hall–Kier alpha value is -2.33. The number of carbonyl (C=O) groups is 1. The number of aromatic nitrogens is 1. The molecule has 1 amide bonds. The lowest BCUT2D eigenvalue weighted by atomic mass is 10.1. The molecule has 1 atom stereocenters. The van der Waals surface area contributed by atoms with Crippen LogP contribution in [0.2, 0.25) is 5.02 Å². The number of nitrogens with zero attached hydrogens (tertiary/aromatic N) is 2. The lowest BCUT2D eigenvalue weighted by Crippen LogP contribution is -2.26. The van der Waals surface area contributed by atoms with Crippen molar-refractivity contribution in [2.75, 3.05) is 5.32 Å². The maximum Gasteiger partial charge on any atom is 0.274 e. The van der Waals surface area contributed by atoms with E-state index in [4.69, 9.17) is 11.6 Å². The highest BCUT2D eigenvalue weighted by Crippen LogP contribution is 2.24. The van der Waals surface area contributed by atoms with Crippen LogP contribution in [0.3, 0.4) is 0 Å². The van der Waals surface area contributed by atoms with Crippen LogP contribution in [0.1, 0.15) is 56.2 Å². The number of nitrogens with one attached hydrogen (secondary N) is 1. The molecule has 7 heteroatoms. The van der Waals surface area contributed by atoms with E-state index in [-0.39, 0.29) is 11.6 Å². The van der Waals surface area contributed by atoms with Crippen molar-refractivity contribution in [1.29, 1.82) is 0 Å². The van der Waals surface area contributed by atoms with Crippen LogP contribution in [0, 0.1) is 11.8 Å². The summed E-state index contributed by atoms with van der Waals surface area (Å²) in [4.78, 5) is 16.6. The van der Waals surface area contributed by atoms with Gasteiger partial charge in [-0.25, -0.2) is 4.98 Å². The van der Waals surface area contributed by atoms with Gasteiger partial charge in [0.25, 0.3) is 5.91 Å². The number of rotatable bonds is 4. The molecule has 2 aromatic rings. The number of benzene rings is 1. The number of pyridine rings is 1. The summed E-state index contributed by atoms with van der Waals surface area (Å²) in [6.07, 6.45) is 1.55. The third-order valence-corrected chi connectivity index (χ3v) is 5.44. The second-order valence-electron chi connectivity index (χ2n) is 6.99. The fourth-order valence-corrected chi connectivity index (χ4v) is 3.01. The summed E-state index contributed by atoms with van der Waals surface area (Å²) in [6.45, 7) is 9.03. The van der Waals surface area contributed by atoms with E-state index in [1.165, 1.54) is 0 Å². The molecule has 1 N–H and O–H groups in total. The van der Waals surface area contributed by atoms with E-state index in [1.54, 1.807) is 50.4 Å². The van der Waals surface area contributed by atoms with Crippen molar-refractivity contribution >= 4 is 40.3 Å². The van der Waals surface area contributed by atoms with Gasteiger partial charge in [0.05, 0.1) is 5.71 Å². The number of anilines is 1. The van der Waals surface area contributed by atoms with Crippen LogP contribution >= 0.6 is 11.6 Å². The van der Waals surface area contributed by atoms with Crippen LogP contribution in [0.5, 0.6) is 0 Å². The summed E-state index contributed by atoms with van der Waals surface area (Å²) < 4.78 is 16.1. The molecule has 0 fully saturated rings. The number of amides is 1. The van der Waals surface area contributed by atoms with E-state index >= 15 is 0 Å². The first-order valence-corrected chi connectivity index (χ1v) is 10.1.